The Morgan fingerprint density at radius 1 is 0.765 bits per heavy atom. The van der Waals surface area contributed by atoms with Crippen LogP contribution in [-0.2, 0) is 30.5 Å². The first kappa shape index (κ1) is 60.4. The van der Waals surface area contributed by atoms with Crippen LogP contribution in [-0.4, -0.2) is 119 Å². The van der Waals surface area contributed by atoms with Gasteiger partial charge in [-0.15, -0.1) is 68.0 Å². The number of aromatic nitrogens is 7. The average molecular weight is 1270 g/mol. The van der Waals surface area contributed by atoms with Crippen LogP contribution in [0.4, 0.5) is 10.6 Å². The summed E-state index contributed by atoms with van der Waals surface area (Å²) < 4.78 is 11.0. The summed E-state index contributed by atoms with van der Waals surface area (Å²) in [5, 5.41) is 44.1. The third-order valence-corrected chi connectivity index (χ3v) is 19.8. The van der Waals surface area contributed by atoms with Crippen LogP contribution < -0.4 is 32.3 Å². The molecule has 0 radical (unpaired) electrons. The number of pyridine rings is 1. The number of carboxylic acids is 1. The molecule has 1 aromatic carbocycles. The molecule has 1 saturated carbocycles. The number of carbonyl (C=O) groups excluding carboxylic acids is 6. The Labute approximate surface area is 509 Å². The van der Waals surface area contributed by atoms with Crippen LogP contribution in [0.1, 0.15) is 125 Å². The summed E-state index contributed by atoms with van der Waals surface area (Å²) in [6.45, 7) is 5.13. The Bertz CT molecular complexity index is 3820. The number of anilines is 1. The van der Waals surface area contributed by atoms with Gasteiger partial charge in [0.05, 0.1) is 47.1 Å². The molecule has 8 heterocycles. The quantitative estimate of drug-likeness (QED) is 0.0609. The van der Waals surface area contributed by atoms with Crippen LogP contribution in [0.3, 0.4) is 0 Å². The number of rotatable bonds is 11. The van der Waals surface area contributed by atoms with Crippen molar-refractivity contribution in [3.05, 3.63) is 111 Å². The fraction of sp³-hybridized carbons (Fsp3) is 0.345. The maximum absolute atomic E-state index is 14.4. The molecule has 1 fully saturated rings. The minimum Gasteiger partial charge on any atom is -0.481 e. The summed E-state index contributed by atoms with van der Waals surface area (Å²) in [5.41, 5.74) is 8.77. The Morgan fingerprint density at radius 2 is 1.48 bits per heavy atom. The Balaban J connectivity index is 1.02. The second kappa shape index (κ2) is 26.3. The second-order valence-electron chi connectivity index (χ2n) is 20.2. The zero-order valence-corrected chi connectivity index (χ0v) is 50.8. The highest BCUT2D eigenvalue weighted by Gasteiger charge is 2.39. The summed E-state index contributed by atoms with van der Waals surface area (Å²) in [6.07, 6.45) is -2.95. The highest BCUT2D eigenvalue weighted by molar-refractivity contribution is 7.15. The standard InChI is InChI=1S/C55H55N13O11S6/c1-23(2)28-15-35(69)41-24(3)84-52(67-41)31(16-39(70)57-4)60-46(73)33-20-80-48(62-33)27-11-12-30(50-64-38(22-83-50)65-55(77)79-36-14-26(54(75)76)13-29(36)56)59-42(27)32-19-81-51(61-32)34-21-82-53(63-34)44(45(72)25-9-7-6-8-10-25)66-40(71)17-58-47(74)43-37(18-78-5)85-49(28)68-43/h6-12,19-23,26,28-29,31,36,44-45,72H,13-18,56H2,1-5H3,(H,57,70)(H,58,74)(H,60,73)(H,65,77)(H,66,71)(H,75,76)/t26-,28-,29-,31-,36-,44-,45-/m0/s1. The van der Waals surface area contributed by atoms with Gasteiger partial charge in [0.25, 0.3) is 11.8 Å². The van der Waals surface area contributed by atoms with E-state index in [9.17, 15) is 43.8 Å². The highest BCUT2D eigenvalue weighted by atomic mass is 32.1. The number of nitrogens with zero attached hydrogens (tertiary/aromatic N) is 7. The number of hydrogen-bond acceptors (Lipinski definition) is 24. The number of carboxylic acid groups (broad SMARTS) is 1. The molecule has 1 aliphatic carbocycles. The van der Waals surface area contributed by atoms with Gasteiger partial charge in [0.2, 0.25) is 11.8 Å². The third kappa shape index (κ3) is 13.7. The van der Waals surface area contributed by atoms with Crippen molar-refractivity contribution in [3.8, 4) is 43.4 Å². The van der Waals surface area contributed by atoms with Crippen molar-refractivity contribution in [1.29, 1.82) is 0 Å². The van der Waals surface area contributed by atoms with Gasteiger partial charge < -0.3 is 46.7 Å². The third-order valence-electron chi connectivity index (χ3n) is 14.0. The first-order valence-corrected chi connectivity index (χ1v) is 31.6. The molecule has 7 atom stereocenters. The summed E-state index contributed by atoms with van der Waals surface area (Å²) in [7, 11) is 2.95. The molecule has 0 saturated heterocycles. The highest BCUT2D eigenvalue weighted by Crippen LogP contribution is 2.41. The number of benzene rings is 1. The molecule has 5 amide bonds. The molecule has 7 aromatic heterocycles. The van der Waals surface area contributed by atoms with Gasteiger partial charge in [0.1, 0.15) is 83.3 Å². The number of methoxy groups -OCH3 is 1. The Hall–Kier alpha value is -7.68. The van der Waals surface area contributed by atoms with Crippen molar-refractivity contribution in [2.24, 2.45) is 17.6 Å². The fourth-order valence-electron chi connectivity index (χ4n) is 9.54. The van der Waals surface area contributed by atoms with Crippen LogP contribution in [0.25, 0.3) is 43.4 Å². The number of fused-ring (bicyclic) bond motifs is 14. The Kier molecular flexibility index (Phi) is 18.7. The number of ether oxygens (including phenoxy) is 2. The van der Waals surface area contributed by atoms with E-state index in [0.717, 1.165) is 11.3 Å². The Morgan fingerprint density at radius 3 is 2.22 bits per heavy atom. The van der Waals surface area contributed by atoms with Crippen molar-refractivity contribution >= 4 is 115 Å². The van der Waals surface area contributed by atoms with E-state index < -0.39 is 84.4 Å². The summed E-state index contributed by atoms with van der Waals surface area (Å²) in [6, 6.07) is 9.48. The lowest BCUT2D eigenvalue weighted by Crippen LogP contribution is -2.40. The first-order valence-electron chi connectivity index (χ1n) is 26.5. The summed E-state index contributed by atoms with van der Waals surface area (Å²) in [4.78, 5) is 129. The van der Waals surface area contributed by atoms with Crippen LogP contribution >= 0.6 is 68.0 Å². The van der Waals surface area contributed by atoms with E-state index in [2.05, 4.69) is 31.6 Å². The molecule has 10 bridgehead atoms. The topological polar surface area (TPSA) is 355 Å². The summed E-state index contributed by atoms with van der Waals surface area (Å²) in [5.74, 6) is -4.85. The van der Waals surface area contributed by atoms with Gasteiger partial charge in [0.15, 0.2) is 5.78 Å². The molecule has 442 valence electrons. The zero-order valence-electron chi connectivity index (χ0n) is 45.9. The van der Waals surface area contributed by atoms with E-state index in [0.29, 0.717) is 73.7 Å². The molecule has 24 nitrogen and oxygen atoms in total. The first-order chi connectivity index (χ1) is 40.8. The van der Waals surface area contributed by atoms with Crippen LogP contribution in [0.15, 0.2) is 64.0 Å². The van der Waals surface area contributed by atoms with E-state index in [4.69, 9.17) is 45.1 Å². The maximum Gasteiger partial charge on any atom is 0.413 e. The number of nitrogens with two attached hydrogens (primary N) is 1. The number of aliphatic hydroxyl groups excluding tert-OH is 1. The van der Waals surface area contributed by atoms with Gasteiger partial charge in [-0.2, -0.15) is 0 Å². The SMILES string of the molecule is CNC(=O)C[C@@H]1NC(=O)c2csc(n2)-c2ccc(-c3nc(NC(=O)O[C@H]4C[C@@H](C(=O)O)C[C@@H]4N)cs3)nc2-c2csc(n2)-c2csc(n2)[C@H]([C@@H](O)c2ccccc2)NC(=O)CNC(=O)c2nc(sc2COC)[C@H](C(C)C)CC(=O)c2nc1sc2C. The normalized spacial score (nSPS) is 19.8. The van der Waals surface area contributed by atoms with Gasteiger partial charge in [0, 0.05) is 64.5 Å². The van der Waals surface area contributed by atoms with Crippen LogP contribution in [0, 0.1) is 18.8 Å². The number of Topliss-reactive ketones (excluding diaryl/α,β-unsaturated/α-hetero) is 1. The van der Waals surface area contributed by atoms with Gasteiger partial charge in [-0.3, -0.25) is 34.1 Å². The molecule has 85 heavy (non-hydrogen) atoms. The lowest BCUT2D eigenvalue weighted by molar-refractivity contribution is -0.141. The monoisotopic (exact) mass is 1270 g/mol. The van der Waals surface area contributed by atoms with Crippen molar-refractivity contribution in [2.75, 3.05) is 26.0 Å². The number of thiazole rings is 6. The molecule has 0 spiro atoms. The maximum atomic E-state index is 14.4. The van der Waals surface area contributed by atoms with Crippen molar-refractivity contribution < 1.29 is 53.2 Å². The van der Waals surface area contributed by atoms with Crippen LogP contribution in [0.2, 0.25) is 0 Å². The van der Waals surface area contributed by atoms with Crippen molar-refractivity contribution in [1.82, 2.24) is 56.2 Å². The van der Waals surface area contributed by atoms with Crippen molar-refractivity contribution in [3.63, 3.8) is 0 Å². The van der Waals surface area contributed by atoms with Gasteiger partial charge in [-0.1, -0.05) is 44.2 Å². The van der Waals surface area contributed by atoms with Crippen molar-refractivity contribution in [2.45, 2.75) is 89.3 Å². The number of amides is 5. The predicted octanol–water partition coefficient (Wildman–Crippen LogP) is 7.94. The largest absolute Gasteiger partial charge is 0.481 e. The number of aliphatic carboxylic acids is 1. The fourth-order valence-corrected chi connectivity index (χ4v) is 15.1. The number of aliphatic hydroxyl groups is 1. The lowest BCUT2D eigenvalue weighted by Gasteiger charge is -2.23. The van der Waals surface area contributed by atoms with E-state index in [-0.39, 0.29) is 66.9 Å². The van der Waals surface area contributed by atoms with Gasteiger partial charge >= 0.3 is 12.1 Å². The van der Waals surface area contributed by atoms with Crippen LogP contribution in [0.5, 0.6) is 0 Å². The molecular weight excluding hydrogens is 1210 g/mol. The minimum absolute atomic E-state index is 0.0162. The summed E-state index contributed by atoms with van der Waals surface area (Å²) >= 11 is 7.15. The number of carbonyl (C=O) groups is 7. The van der Waals surface area contributed by atoms with E-state index in [1.165, 1.54) is 70.8 Å². The number of nitrogens with one attached hydrogen (secondary N) is 5. The predicted molar refractivity (Wildman–Crippen MR) is 321 cm³/mol. The number of aryl methyl sites for hydroxylation is 1. The zero-order chi connectivity index (χ0) is 60.2. The molecule has 30 heteroatoms. The molecule has 10 rings (SSSR count). The second-order valence-corrected chi connectivity index (χ2v) is 26.0. The lowest BCUT2D eigenvalue weighted by atomic mass is 9.90. The molecule has 2 aliphatic rings. The van der Waals surface area contributed by atoms with Gasteiger partial charge in [-0.25, -0.2) is 39.7 Å². The molecule has 8 aromatic rings. The van der Waals surface area contributed by atoms with E-state index in [1.807, 2.05) is 13.8 Å². The molecule has 9 N–H and O–H groups in total. The smallest absolute Gasteiger partial charge is 0.413 e. The molecular formula is C55H55N13O11S6. The number of hydrogen-bond donors (Lipinski definition) is 8. The van der Waals surface area contributed by atoms with E-state index in [1.54, 1.807) is 70.9 Å². The number of ketones is 1. The molecule has 0 unspecified atom stereocenters. The van der Waals surface area contributed by atoms with Gasteiger partial charge in [-0.05, 0) is 43.4 Å². The average Bonchev–Trinajstić information content (AvgIpc) is 3.55. The minimum atomic E-state index is -1.29. The molecule has 1 aliphatic heterocycles. The van der Waals surface area contributed by atoms with E-state index >= 15 is 0 Å².